The predicted molar refractivity (Wildman–Crippen MR) is 123 cm³/mol. The Kier molecular flexibility index (Phi) is 6.36. The van der Waals surface area contributed by atoms with Crippen molar-refractivity contribution >= 4 is 38.9 Å². The van der Waals surface area contributed by atoms with Crippen LogP contribution in [-0.4, -0.2) is 34.1 Å². The molecule has 0 bridgehead atoms. The molecule has 0 radical (unpaired) electrons. The first-order valence-electron chi connectivity index (χ1n) is 9.81. The molecule has 4 rings (SSSR count). The number of para-hydroxylation sites is 2. The minimum atomic E-state index is -3.95. The first-order chi connectivity index (χ1) is 15.4. The number of benzene rings is 3. The molecule has 7 nitrogen and oxygen atoms in total. The van der Waals surface area contributed by atoms with Crippen LogP contribution in [0.25, 0.3) is 0 Å². The number of anilines is 2. The number of carbonyl (C=O) groups is 1. The summed E-state index contributed by atoms with van der Waals surface area (Å²) in [6.07, 6.45) is -1.04. The van der Waals surface area contributed by atoms with Gasteiger partial charge in [-0.2, -0.15) is 0 Å². The highest BCUT2D eigenvalue weighted by atomic mass is 35.5. The van der Waals surface area contributed by atoms with Gasteiger partial charge < -0.3 is 14.8 Å². The Morgan fingerprint density at radius 3 is 2.62 bits per heavy atom. The van der Waals surface area contributed by atoms with E-state index in [1.165, 1.54) is 28.6 Å². The number of hydrogen-bond acceptors (Lipinski definition) is 5. The number of methoxy groups -OCH3 is 1. The monoisotopic (exact) mass is 472 g/mol. The normalized spacial score (nSPS) is 15.6. The molecule has 0 saturated heterocycles. The van der Waals surface area contributed by atoms with E-state index >= 15 is 0 Å². The van der Waals surface area contributed by atoms with Crippen molar-refractivity contribution < 1.29 is 22.7 Å². The first-order valence-corrected chi connectivity index (χ1v) is 11.6. The Hall–Kier alpha value is -3.07. The lowest BCUT2D eigenvalue weighted by Crippen LogP contribution is -2.48. The number of fused-ring (bicyclic) bond motifs is 1. The Balaban J connectivity index is 1.63. The summed E-state index contributed by atoms with van der Waals surface area (Å²) in [6.45, 7) is 0.232. The highest BCUT2D eigenvalue weighted by molar-refractivity contribution is 7.92. The molecule has 0 aromatic heterocycles. The van der Waals surface area contributed by atoms with E-state index in [1.54, 1.807) is 49.6 Å². The van der Waals surface area contributed by atoms with Crippen molar-refractivity contribution in [3.8, 4) is 5.75 Å². The molecule has 0 spiro atoms. The van der Waals surface area contributed by atoms with Gasteiger partial charge in [0.15, 0.2) is 6.10 Å². The van der Waals surface area contributed by atoms with Crippen LogP contribution in [0.5, 0.6) is 5.75 Å². The number of carbonyl (C=O) groups excluding carboxylic acids is 1. The maximum absolute atomic E-state index is 13.4. The number of sulfonamides is 1. The number of halogens is 1. The van der Waals surface area contributed by atoms with Gasteiger partial charge in [-0.15, -0.1) is 0 Å². The highest BCUT2D eigenvalue weighted by Crippen LogP contribution is 2.37. The highest BCUT2D eigenvalue weighted by Gasteiger charge is 2.37. The van der Waals surface area contributed by atoms with Crippen LogP contribution in [0.1, 0.15) is 5.56 Å². The maximum atomic E-state index is 13.4. The predicted octanol–water partition coefficient (Wildman–Crippen LogP) is 4.08. The van der Waals surface area contributed by atoms with Crippen molar-refractivity contribution in [2.45, 2.75) is 17.6 Å². The molecule has 3 aromatic rings. The van der Waals surface area contributed by atoms with Gasteiger partial charge in [-0.3, -0.25) is 9.10 Å². The van der Waals surface area contributed by atoms with Crippen LogP contribution < -0.4 is 14.4 Å². The summed E-state index contributed by atoms with van der Waals surface area (Å²) in [6, 6.07) is 19.8. The number of nitrogens with zero attached hydrogens (tertiary/aromatic N) is 1. The topological polar surface area (TPSA) is 84.9 Å². The van der Waals surface area contributed by atoms with Crippen molar-refractivity contribution in [3.05, 3.63) is 83.4 Å². The van der Waals surface area contributed by atoms with Crippen molar-refractivity contribution in [2.24, 2.45) is 0 Å². The number of amides is 1. The third-order valence-electron chi connectivity index (χ3n) is 4.93. The number of ether oxygens (including phenoxy) is 2. The van der Waals surface area contributed by atoms with Crippen molar-refractivity contribution in [2.75, 3.05) is 23.3 Å². The van der Waals surface area contributed by atoms with E-state index in [-0.39, 0.29) is 11.4 Å². The van der Waals surface area contributed by atoms with E-state index in [4.69, 9.17) is 21.1 Å². The Labute approximate surface area is 191 Å². The summed E-state index contributed by atoms with van der Waals surface area (Å²) >= 11 is 5.91. The zero-order valence-electron chi connectivity index (χ0n) is 17.2. The summed E-state index contributed by atoms with van der Waals surface area (Å²) in [7, 11) is -2.36. The fourth-order valence-electron chi connectivity index (χ4n) is 3.43. The molecular formula is C23H21ClN2O5S. The van der Waals surface area contributed by atoms with Crippen LogP contribution in [0.15, 0.2) is 77.7 Å². The van der Waals surface area contributed by atoms with Crippen molar-refractivity contribution in [3.63, 3.8) is 0 Å². The zero-order valence-corrected chi connectivity index (χ0v) is 18.8. The minimum absolute atomic E-state index is 0.0741. The molecule has 0 aliphatic carbocycles. The molecule has 166 valence electrons. The third-order valence-corrected chi connectivity index (χ3v) is 6.98. The van der Waals surface area contributed by atoms with E-state index in [2.05, 4.69) is 5.32 Å². The van der Waals surface area contributed by atoms with E-state index in [9.17, 15) is 13.2 Å². The smallest absolute Gasteiger partial charge is 0.267 e. The van der Waals surface area contributed by atoms with Gasteiger partial charge >= 0.3 is 0 Å². The van der Waals surface area contributed by atoms with E-state index < -0.39 is 22.0 Å². The first kappa shape index (κ1) is 22.1. The van der Waals surface area contributed by atoms with Crippen molar-refractivity contribution in [1.82, 2.24) is 0 Å². The van der Waals surface area contributed by atoms with Crippen LogP contribution in [0.2, 0.25) is 5.02 Å². The summed E-state index contributed by atoms with van der Waals surface area (Å²) in [5, 5.41) is 3.23. The van der Waals surface area contributed by atoms with Crippen LogP contribution in [0, 0.1) is 0 Å². The number of rotatable bonds is 6. The molecule has 32 heavy (non-hydrogen) atoms. The molecule has 0 saturated carbocycles. The average Bonchev–Trinajstić information content (AvgIpc) is 2.79. The van der Waals surface area contributed by atoms with Gasteiger partial charge in [0.1, 0.15) is 5.75 Å². The van der Waals surface area contributed by atoms with Crippen molar-refractivity contribution in [1.29, 1.82) is 0 Å². The molecule has 1 unspecified atom stereocenters. The largest absolute Gasteiger partial charge is 0.476 e. The lowest BCUT2D eigenvalue weighted by atomic mass is 10.2. The van der Waals surface area contributed by atoms with Gasteiger partial charge in [-0.1, -0.05) is 35.9 Å². The van der Waals surface area contributed by atoms with Crippen LogP contribution >= 0.6 is 11.6 Å². The average molecular weight is 473 g/mol. The molecule has 9 heteroatoms. The minimum Gasteiger partial charge on any atom is -0.476 e. The standard InChI is InChI=1S/C23H21ClN2O5S/c1-30-15-16-5-4-6-18(13-16)25-23(27)22-14-26(20-7-2-3-8-21(20)31-22)32(28,29)19-11-9-17(24)10-12-19/h2-13,22H,14-15H2,1H3,(H,25,27). The number of nitrogens with one attached hydrogen (secondary N) is 1. The molecule has 1 N–H and O–H groups in total. The van der Waals surface area contributed by atoms with Gasteiger partial charge in [0.05, 0.1) is 23.7 Å². The van der Waals surface area contributed by atoms with Crippen LogP contribution in [0.4, 0.5) is 11.4 Å². The van der Waals surface area contributed by atoms with Gasteiger partial charge in [-0.05, 0) is 54.1 Å². The van der Waals surface area contributed by atoms with Crippen LogP contribution in [-0.2, 0) is 26.2 Å². The third kappa shape index (κ3) is 4.57. The lowest BCUT2D eigenvalue weighted by Gasteiger charge is -2.34. The fourth-order valence-corrected chi connectivity index (χ4v) is 5.03. The van der Waals surface area contributed by atoms with Crippen LogP contribution in [0.3, 0.4) is 0 Å². The van der Waals surface area contributed by atoms with Gasteiger partial charge in [0.25, 0.3) is 15.9 Å². The molecular weight excluding hydrogens is 452 g/mol. The SMILES string of the molecule is COCc1cccc(NC(=O)C2CN(S(=O)(=O)c3ccc(Cl)cc3)c3ccccc3O2)c1. The van der Waals surface area contributed by atoms with Gasteiger partial charge in [0, 0.05) is 17.8 Å². The molecule has 1 atom stereocenters. The Morgan fingerprint density at radius 2 is 1.88 bits per heavy atom. The summed E-state index contributed by atoms with van der Waals surface area (Å²) in [5.74, 6) is -0.144. The second-order valence-corrected chi connectivity index (χ2v) is 9.49. The maximum Gasteiger partial charge on any atom is 0.267 e. The second-order valence-electron chi connectivity index (χ2n) is 7.19. The summed E-state index contributed by atoms with van der Waals surface area (Å²) in [4.78, 5) is 13.1. The Morgan fingerprint density at radius 1 is 1.12 bits per heavy atom. The van der Waals surface area contributed by atoms with E-state index in [1.807, 2.05) is 6.07 Å². The molecule has 1 heterocycles. The molecule has 1 aliphatic rings. The Bertz CT molecular complexity index is 1230. The molecule has 0 fully saturated rings. The fraction of sp³-hybridized carbons (Fsp3) is 0.174. The molecule has 1 aliphatic heterocycles. The quantitative estimate of drug-likeness (QED) is 0.584. The summed E-state index contributed by atoms with van der Waals surface area (Å²) in [5.41, 5.74) is 1.83. The molecule has 3 aromatic carbocycles. The zero-order chi connectivity index (χ0) is 22.7. The van der Waals surface area contributed by atoms with E-state index in [0.717, 1.165) is 5.56 Å². The number of hydrogen-bond donors (Lipinski definition) is 1. The van der Waals surface area contributed by atoms with Gasteiger partial charge in [0.2, 0.25) is 0 Å². The second kappa shape index (κ2) is 9.20. The lowest BCUT2D eigenvalue weighted by molar-refractivity contribution is -0.122. The molecule has 1 amide bonds. The summed E-state index contributed by atoms with van der Waals surface area (Å²) < 4.78 is 39.0. The van der Waals surface area contributed by atoms with E-state index in [0.29, 0.717) is 28.8 Å². The van der Waals surface area contributed by atoms with Gasteiger partial charge in [-0.25, -0.2) is 8.42 Å².